The molecule has 0 unspecified atom stereocenters. The highest BCUT2D eigenvalue weighted by Gasteiger charge is 2.43. The van der Waals surface area contributed by atoms with Gasteiger partial charge in [0.25, 0.3) is 0 Å². The minimum Gasteiger partial charge on any atom is -0.450 e. The molecule has 2 heterocycles. The van der Waals surface area contributed by atoms with Gasteiger partial charge in [-0.25, -0.2) is 4.79 Å². The SMILES string of the molecule is CCOC(=O)N1CCC(N2C[C@@H](c3ccccc3)C(C)(C)C2)CC1. The first kappa shape index (κ1) is 17.3. The van der Waals surface area contributed by atoms with Gasteiger partial charge < -0.3 is 9.64 Å². The van der Waals surface area contributed by atoms with Crippen LogP contribution in [0.5, 0.6) is 0 Å². The first-order chi connectivity index (χ1) is 11.5. The van der Waals surface area contributed by atoms with E-state index in [1.165, 1.54) is 5.56 Å². The quantitative estimate of drug-likeness (QED) is 0.846. The first-order valence-electron chi connectivity index (χ1n) is 9.22. The number of carbonyl (C=O) groups is 1. The summed E-state index contributed by atoms with van der Waals surface area (Å²) in [5.74, 6) is 0.585. The van der Waals surface area contributed by atoms with Crippen molar-refractivity contribution in [2.75, 3.05) is 32.8 Å². The van der Waals surface area contributed by atoms with Crippen LogP contribution in [0, 0.1) is 5.41 Å². The van der Waals surface area contributed by atoms with Gasteiger partial charge in [-0.15, -0.1) is 0 Å². The molecular formula is C20H30N2O2. The summed E-state index contributed by atoms with van der Waals surface area (Å²) in [4.78, 5) is 16.4. The molecule has 1 aromatic carbocycles. The average Bonchev–Trinajstić information content (AvgIpc) is 2.91. The van der Waals surface area contributed by atoms with E-state index in [4.69, 9.17) is 4.74 Å². The fourth-order valence-electron chi connectivity index (χ4n) is 4.33. The molecule has 1 aromatic rings. The summed E-state index contributed by atoms with van der Waals surface area (Å²) < 4.78 is 5.12. The van der Waals surface area contributed by atoms with Crippen LogP contribution < -0.4 is 0 Å². The summed E-state index contributed by atoms with van der Waals surface area (Å²) in [6, 6.07) is 11.5. The fraction of sp³-hybridized carbons (Fsp3) is 0.650. The summed E-state index contributed by atoms with van der Waals surface area (Å²) in [5.41, 5.74) is 1.74. The van der Waals surface area contributed by atoms with Gasteiger partial charge in [-0.2, -0.15) is 0 Å². The van der Waals surface area contributed by atoms with Crippen LogP contribution in [-0.2, 0) is 4.74 Å². The minimum absolute atomic E-state index is 0.153. The van der Waals surface area contributed by atoms with E-state index in [9.17, 15) is 4.79 Å². The van der Waals surface area contributed by atoms with Gasteiger partial charge in [-0.3, -0.25) is 4.90 Å². The van der Waals surface area contributed by atoms with Crippen LogP contribution in [0.1, 0.15) is 45.1 Å². The van der Waals surface area contributed by atoms with Gasteiger partial charge in [0.15, 0.2) is 0 Å². The Hall–Kier alpha value is -1.55. The Morgan fingerprint density at radius 1 is 1.21 bits per heavy atom. The molecule has 0 aliphatic carbocycles. The van der Waals surface area contributed by atoms with Crippen molar-refractivity contribution in [2.24, 2.45) is 5.41 Å². The van der Waals surface area contributed by atoms with Crippen molar-refractivity contribution >= 4 is 6.09 Å². The molecule has 0 radical (unpaired) electrons. The molecule has 0 saturated carbocycles. The molecule has 1 amide bonds. The Labute approximate surface area is 145 Å². The molecule has 3 rings (SSSR count). The second kappa shape index (κ2) is 7.14. The Balaban J connectivity index is 1.60. The number of ether oxygens (including phenoxy) is 1. The lowest BCUT2D eigenvalue weighted by atomic mass is 9.78. The van der Waals surface area contributed by atoms with Crippen LogP contribution in [0.3, 0.4) is 0 Å². The topological polar surface area (TPSA) is 32.8 Å². The van der Waals surface area contributed by atoms with E-state index in [0.717, 1.165) is 39.0 Å². The third kappa shape index (κ3) is 3.59. The fourth-order valence-corrected chi connectivity index (χ4v) is 4.33. The Bertz CT molecular complexity index is 550. The molecule has 2 aliphatic rings. The maximum absolute atomic E-state index is 11.9. The second-order valence-corrected chi connectivity index (χ2v) is 7.80. The van der Waals surface area contributed by atoms with Crippen molar-refractivity contribution in [1.29, 1.82) is 0 Å². The molecular weight excluding hydrogens is 300 g/mol. The van der Waals surface area contributed by atoms with Gasteiger partial charge in [0.05, 0.1) is 6.61 Å². The molecule has 2 fully saturated rings. The molecule has 2 saturated heterocycles. The highest BCUT2D eigenvalue weighted by atomic mass is 16.6. The van der Waals surface area contributed by atoms with Crippen LogP contribution >= 0.6 is 0 Å². The predicted molar refractivity (Wildman–Crippen MR) is 96.2 cm³/mol. The molecule has 4 nitrogen and oxygen atoms in total. The number of hydrogen-bond acceptors (Lipinski definition) is 3. The monoisotopic (exact) mass is 330 g/mol. The van der Waals surface area contributed by atoms with E-state index in [-0.39, 0.29) is 6.09 Å². The predicted octanol–water partition coefficient (Wildman–Crippen LogP) is 3.73. The lowest BCUT2D eigenvalue weighted by Crippen LogP contribution is -2.46. The third-order valence-electron chi connectivity index (χ3n) is 5.68. The Morgan fingerprint density at radius 2 is 1.88 bits per heavy atom. The molecule has 0 aromatic heterocycles. The van der Waals surface area contributed by atoms with Gasteiger partial charge in [0, 0.05) is 38.1 Å². The first-order valence-corrected chi connectivity index (χ1v) is 9.22. The van der Waals surface area contributed by atoms with Crippen molar-refractivity contribution < 1.29 is 9.53 Å². The summed E-state index contributed by atoms with van der Waals surface area (Å²) in [6.07, 6.45) is 1.95. The van der Waals surface area contributed by atoms with E-state index in [1.54, 1.807) is 0 Å². The number of nitrogens with zero attached hydrogens (tertiary/aromatic N) is 2. The molecule has 2 aliphatic heterocycles. The summed E-state index contributed by atoms with van der Waals surface area (Å²) in [5, 5.41) is 0. The normalized spacial score (nSPS) is 25.0. The van der Waals surface area contributed by atoms with Gasteiger partial charge in [0.1, 0.15) is 0 Å². The van der Waals surface area contributed by atoms with E-state index >= 15 is 0 Å². The third-order valence-corrected chi connectivity index (χ3v) is 5.68. The molecule has 0 N–H and O–H groups in total. The molecule has 24 heavy (non-hydrogen) atoms. The van der Waals surface area contributed by atoms with E-state index in [2.05, 4.69) is 49.1 Å². The number of carbonyl (C=O) groups excluding carboxylic acids is 1. The maximum atomic E-state index is 11.9. The zero-order valence-electron chi connectivity index (χ0n) is 15.2. The van der Waals surface area contributed by atoms with Crippen LogP contribution in [0.4, 0.5) is 4.79 Å². The summed E-state index contributed by atoms with van der Waals surface area (Å²) in [6.45, 7) is 11.0. The molecule has 1 atom stereocenters. The molecule has 4 heteroatoms. The lowest BCUT2D eigenvalue weighted by molar-refractivity contribution is 0.0783. The van der Waals surface area contributed by atoms with Gasteiger partial charge in [-0.05, 0) is 30.7 Å². The lowest BCUT2D eigenvalue weighted by Gasteiger charge is -2.36. The molecule has 132 valence electrons. The van der Waals surface area contributed by atoms with Crippen molar-refractivity contribution in [1.82, 2.24) is 9.80 Å². The molecule has 0 spiro atoms. The number of benzene rings is 1. The smallest absolute Gasteiger partial charge is 0.409 e. The Kier molecular flexibility index (Phi) is 5.14. The second-order valence-electron chi connectivity index (χ2n) is 7.80. The number of amides is 1. The van der Waals surface area contributed by atoms with E-state index in [0.29, 0.717) is 24.0 Å². The maximum Gasteiger partial charge on any atom is 0.409 e. The number of likely N-dealkylation sites (tertiary alicyclic amines) is 2. The molecule has 0 bridgehead atoms. The zero-order chi connectivity index (χ0) is 17.2. The van der Waals surface area contributed by atoms with Crippen LogP contribution in [-0.4, -0.2) is 54.7 Å². The Morgan fingerprint density at radius 3 is 2.50 bits per heavy atom. The average molecular weight is 330 g/mol. The highest BCUT2D eigenvalue weighted by molar-refractivity contribution is 5.67. The van der Waals surface area contributed by atoms with Crippen molar-refractivity contribution in [2.45, 2.75) is 45.6 Å². The van der Waals surface area contributed by atoms with Crippen molar-refractivity contribution in [3.63, 3.8) is 0 Å². The van der Waals surface area contributed by atoms with Gasteiger partial charge in [0.2, 0.25) is 0 Å². The minimum atomic E-state index is -0.153. The summed E-state index contributed by atoms with van der Waals surface area (Å²) >= 11 is 0. The van der Waals surface area contributed by atoms with E-state index in [1.807, 2.05) is 11.8 Å². The van der Waals surface area contributed by atoms with Crippen molar-refractivity contribution in [3.05, 3.63) is 35.9 Å². The van der Waals surface area contributed by atoms with Gasteiger partial charge in [-0.1, -0.05) is 44.2 Å². The highest BCUT2D eigenvalue weighted by Crippen LogP contribution is 2.43. The number of piperidine rings is 1. The largest absolute Gasteiger partial charge is 0.450 e. The van der Waals surface area contributed by atoms with Crippen LogP contribution in [0.25, 0.3) is 0 Å². The number of rotatable bonds is 3. The van der Waals surface area contributed by atoms with Gasteiger partial charge >= 0.3 is 6.09 Å². The van der Waals surface area contributed by atoms with Crippen LogP contribution in [0.15, 0.2) is 30.3 Å². The summed E-state index contributed by atoms with van der Waals surface area (Å²) in [7, 11) is 0. The standard InChI is InChI=1S/C20H30N2O2/c1-4-24-19(23)21-12-10-17(11-13-21)22-14-18(20(2,3)15-22)16-8-6-5-7-9-16/h5-9,17-18H,4,10-15H2,1-3H3/t18-/m0/s1. The van der Waals surface area contributed by atoms with Crippen LogP contribution in [0.2, 0.25) is 0 Å². The van der Waals surface area contributed by atoms with Crippen molar-refractivity contribution in [3.8, 4) is 0 Å². The zero-order valence-corrected chi connectivity index (χ0v) is 15.2. The number of hydrogen-bond donors (Lipinski definition) is 0. The van der Waals surface area contributed by atoms with E-state index < -0.39 is 0 Å².